The molecular weight excluding hydrogens is 326 g/mol. The standard InChI is InChI=1S/C21H19N3O2/c1-23(21(25)20-11-18-9-5-6-10-19(18)26-20)13-17-12-22-24(15-17)14-16-7-3-2-4-8-16/h2-12,15H,13-14H2,1H3. The largest absolute Gasteiger partial charge is 0.451 e. The molecule has 0 saturated carbocycles. The molecule has 0 aliphatic rings. The molecule has 130 valence electrons. The second-order valence-corrected chi connectivity index (χ2v) is 6.34. The van der Waals surface area contributed by atoms with Gasteiger partial charge in [-0.05, 0) is 17.7 Å². The third kappa shape index (κ3) is 3.37. The number of carbonyl (C=O) groups excluding carboxylic acids is 1. The Morgan fingerprint density at radius 1 is 1.08 bits per heavy atom. The van der Waals surface area contributed by atoms with Crippen molar-refractivity contribution in [2.75, 3.05) is 7.05 Å². The maximum atomic E-state index is 12.6. The molecule has 2 aromatic carbocycles. The number of amides is 1. The minimum Gasteiger partial charge on any atom is -0.451 e. The van der Waals surface area contributed by atoms with Crippen LogP contribution in [0.3, 0.4) is 0 Å². The van der Waals surface area contributed by atoms with Gasteiger partial charge >= 0.3 is 0 Å². The number of nitrogens with zero attached hydrogens (tertiary/aromatic N) is 3. The molecule has 0 saturated heterocycles. The zero-order valence-corrected chi connectivity index (χ0v) is 14.5. The summed E-state index contributed by atoms with van der Waals surface area (Å²) in [6, 6.07) is 19.6. The highest BCUT2D eigenvalue weighted by atomic mass is 16.3. The van der Waals surface area contributed by atoms with Gasteiger partial charge in [0.15, 0.2) is 5.76 Å². The second-order valence-electron chi connectivity index (χ2n) is 6.34. The van der Waals surface area contributed by atoms with Crippen molar-refractivity contribution in [3.05, 3.63) is 89.9 Å². The maximum Gasteiger partial charge on any atom is 0.289 e. The SMILES string of the molecule is CN(Cc1cnn(Cc2ccccc2)c1)C(=O)c1cc2ccccc2o1. The minimum absolute atomic E-state index is 0.142. The van der Waals surface area contributed by atoms with Crippen molar-refractivity contribution in [1.29, 1.82) is 0 Å². The Labute approximate surface area is 151 Å². The number of para-hydroxylation sites is 1. The fraction of sp³-hybridized carbons (Fsp3) is 0.143. The van der Waals surface area contributed by atoms with Crippen molar-refractivity contribution in [3.8, 4) is 0 Å². The third-order valence-electron chi connectivity index (χ3n) is 4.28. The molecule has 0 aliphatic carbocycles. The summed E-state index contributed by atoms with van der Waals surface area (Å²) in [7, 11) is 1.77. The summed E-state index contributed by atoms with van der Waals surface area (Å²) in [6.07, 6.45) is 3.76. The lowest BCUT2D eigenvalue weighted by molar-refractivity contribution is 0.0756. The highest BCUT2D eigenvalue weighted by molar-refractivity contribution is 5.95. The van der Waals surface area contributed by atoms with Crippen molar-refractivity contribution < 1.29 is 9.21 Å². The van der Waals surface area contributed by atoms with Gasteiger partial charge in [0.2, 0.25) is 0 Å². The summed E-state index contributed by atoms with van der Waals surface area (Å²) in [5.41, 5.74) is 2.89. The van der Waals surface area contributed by atoms with E-state index in [2.05, 4.69) is 17.2 Å². The van der Waals surface area contributed by atoms with Gasteiger partial charge in [0.1, 0.15) is 5.58 Å². The van der Waals surface area contributed by atoms with Crippen LogP contribution in [-0.4, -0.2) is 27.6 Å². The summed E-state index contributed by atoms with van der Waals surface area (Å²) in [4.78, 5) is 14.3. The van der Waals surface area contributed by atoms with E-state index >= 15 is 0 Å². The van der Waals surface area contributed by atoms with E-state index in [4.69, 9.17) is 4.42 Å². The Bertz CT molecular complexity index is 1000. The number of rotatable bonds is 5. The van der Waals surface area contributed by atoms with Gasteiger partial charge in [0, 0.05) is 30.7 Å². The predicted molar refractivity (Wildman–Crippen MR) is 99.8 cm³/mol. The van der Waals surface area contributed by atoms with Crippen LogP contribution in [0.25, 0.3) is 11.0 Å². The third-order valence-corrected chi connectivity index (χ3v) is 4.28. The quantitative estimate of drug-likeness (QED) is 0.550. The number of hydrogen-bond acceptors (Lipinski definition) is 3. The Hall–Kier alpha value is -3.34. The molecule has 5 nitrogen and oxygen atoms in total. The van der Waals surface area contributed by atoms with E-state index in [-0.39, 0.29) is 5.91 Å². The molecule has 1 amide bonds. The predicted octanol–water partition coefficient (Wildman–Crippen LogP) is 3.95. The van der Waals surface area contributed by atoms with Crippen LogP contribution >= 0.6 is 0 Å². The molecule has 2 heterocycles. The zero-order chi connectivity index (χ0) is 17.9. The van der Waals surface area contributed by atoms with Crippen molar-refractivity contribution in [3.63, 3.8) is 0 Å². The lowest BCUT2D eigenvalue weighted by atomic mass is 10.2. The second kappa shape index (κ2) is 6.88. The van der Waals surface area contributed by atoms with E-state index in [9.17, 15) is 4.79 Å². The molecule has 4 rings (SSSR count). The molecule has 0 spiro atoms. The van der Waals surface area contributed by atoms with Gasteiger partial charge in [0.25, 0.3) is 5.91 Å². The molecule has 0 aliphatic heterocycles. The summed E-state index contributed by atoms with van der Waals surface area (Å²) < 4.78 is 7.54. The Morgan fingerprint density at radius 2 is 1.85 bits per heavy atom. The fourth-order valence-corrected chi connectivity index (χ4v) is 2.97. The Kier molecular flexibility index (Phi) is 4.27. The van der Waals surface area contributed by atoms with E-state index in [1.54, 1.807) is 24.2 Å². The van der Waals surface area contributed by atoms with Gasteiger partial charge in [-0.25, -0.2) is 0 Å². The fourth-order valence-electron chi connectivity index (χ4n) is 2.97. The van der Waals surface area contributed by atoms with Crippen molar-refractivity contribution in [1.82, 2.24) is 14.7 Å². The van der Waals surface area contributed by atoms with Gasteiger partial charge in [-0.15, -0.1) is 0 Å². The average molecular weight is 345 g/mol. The maximum absolute atomic E-state index is 12.6. The molecule has 0 atom stereocenters. The van der Waals surface area contributed by atoms with E-state index in [1.807, 2.05) is 53.3 Å². The smallest absolute Gasteiger partial charge is 0.289 e. The number of furan rings is 1. The first kappa shape index (κ1) is 16.1. The lowest BCUT2D eigenvalue weighted by Gasteiger charge is -2.14. The monoisotopic (exact) mass is 345 g/mol. The summed E-state index contributed by atoms with van der Waals surface area (Å²) in [5, 5.41) is 5.32. The molecule has 0 unspecified atom stereocenters. The Morgan fingerprint density at radius 3 is 2.65 bits per heavy atom. The van der Waals surface area contributed by atoms with Gasteiger partial charge in [-0.3, -0.25) is 9.48 Å². The topological polar surface area (TPSA) is 51.3 Å². The number of aromatic nitrogens is 2. The van der Waals surface area contributed by atoms with Gasteiger partial charge in [-0.2, -0.15) is 5.10 Å². The molecule has 5 heteroatoms. The van der Waals surface area contributed by atoms with E-state index in [0.29, 0.717) is 18.8 Å². The molecule has 0 N–H and O–H groups in total. The van der Waals surface area contributed by atoms with Crippen LogP contribution in [0.15, 0.2) is 77.5 Å². The van der Waals surface area contributed by atoms with Crippen LogP contribution in [0.1, 0.15) is 21.7 Å². The minimum atomic E-state index is -0.142. The van der Waals surface area contributed by atoms with Crippen molar-refractivity contribution >= 4 is 16.9 Å². The number of fused-ring (bicyclic) bond motifs is 1. The molecule has 26 heavy (non-hydrogen) atoms. The van der Waals surface area contributed by atoms with Crippen LogP contribution < -0.4 is 0 Å². The van der Waals surface area contributed by atoms with Gasteiger partial charge in [0.05, 0.1) is 12.7 Å². The van der Waals surface area contributed by atoms with Crippen LogP contribution in [0.2, 0.25) is 0 Å². The first-order valence-electron chi connectivity index (χ1n) is 8.48. The molecule has 2 aromatic heterocycles. The summed E-state index contributed by atoms with van der Waals surface area (Å²) in [5.74, 6) is 0.211. The lowest BCUT2D eigenvalue weighted by Crippen LogP contribution is -2.25. The van der Waals surface area contributed by atoms with Gasteiger partial charge < -0.3 is 9.32 Å². The average Bonchev–Trinajstić information content (AvgIpc) is 3.28. The van der Waals surface area contributed by atoms with E-state index < -0.39 is 0 Å². The molecule has 0 radical (unpaired) electrons. The number of carbonyl (C=O) groups is 1. The molecule has 0 fully saturated rings. The molecule has 0 bridgehead atoms. The van der Waals surface area contributed by atoms with Gasteiger partial charge in [-0.1, -0.05) is 48.5 Å². The normalized spacial score (nSPS) is 11.0. The van der Waals surface area contributed by atoms with Crippen molar-refractivity contribution in [2.45, 2.75) is 13.1 Å². The zero-order valence-electron chi connectivity index (χ0n) is 14.5. The first-order chi connectivity index (χ1) is 12.7. The van der Waals surface area contributed by atoms with Crippen LogP contribution in [0, 0.1) is 0 Å². The molecule has 4 aromatic rings. The number of hydrogen-bond donors (Lipinski definition) is 0. The highest BCUT2D eigenvalue weighted by Gasteiger charge is 2.17. The Balaban J connectivity index is 1.44. The molecular formula is C21H19N3O2. The summed E-state index contributed by atoms with van der Waals surface area (Å²) in [6.45, 7) is 1.19. The van der Waals surface area contributed by atoms with E-state index in [0.717, 1.165) is 16.5 Å². The van der Waals surface area contributed by atoms with E-state index in [1.165, 1.54) is 5.56 Å². The highest BCUT2D eigenvalue weighted by Crippen LogP contribution is 2.20. The van der Waals surface area contributed by atoms with Crippen LogP contribution in [0.5, 0.6) is 0 Å². The van der Waals surface area contributed by atoms with Crippen molar-refractivity contribution in [2.24, 2.45) is 0 Å². The number of benzene rings is 2. The summed E-state index contributed by atoms with van der Waals surface area (Å²) >= 11 is 0. The first-order valence-corrected chi connectivity index (χ1v) is 8.48. The van der Waals surface area contributed by atoms with Crippen LogP contribution in [0.4, 0.5) is 0 Å². The van der Waals surface area contributed by atoms with Crippen LogP contribution in [-0.2, 0) is 13.1 Å².